The first-order valence-electron chi connectivity index (χ1n) is 7.37. The van der Waals surface area contributed by atoms with E-state index in [4.69, 9.17) is 0 Å². The van der Waals surface area contributed by atoms with Crippen LogP contribution >= 0.6 is 0 Å². The fourth-order valence-corrected chi connectivity index (χ4v) is 2.50. The second-order valence-electron chi connectivity index (χ2n) is 5.54. The van der Waals surface area contributed by atoms with Gasteiger partial charge in [-0.2, -0.15) is 0 Å². The molecule has 0 heterocycles. The lowest BCUT2D eigenvalue weighted by molar-refractivity contribution is 0.319. The van der Waals surface area contributed by atoms with Crippen molar-refractivity contribution in [3.8, 4) is 0 Å². The summed E-state index contributed by atoms with van der Waals surface area (Å²) in [5.74, 6) is 1.75. The van der Waals surface area contributed by atoms with E-state index >= 15 is 0 Å². The zero-order valence-electron chi connectivity index (χ0n) is 12.2. The van der Waals surface area contributed by atoms with Gasteiger partial charge in [-0.25, -0.2) is 0 Å². The second-order valence-corrected chi connectivity index (χ2v) is 5.54. The summed E-state index contributed by atoms with van der Waals surface area (Å²) in [4.78, 5) is 0. The zero-order valence-corrected chi connectivity index (χ0v) is 12.2. The van der Waals surface area contributed by atoms with E-state index in [9.17, 15) is 0 Å². The Morgan fingerprint density at radius 3 is 2.12 bits per heavy atom. The lowest BCUT2D eigenvalue weighted by Gasteiger charge is -2.25. The maximum absolute atomic E-state index is 3.66. The van der Waals surface area contributed by atoms with Crippen LogP contribution in [0.15, 0.2) is 0 Å². The molecule has 0 rings (SSSR count). The van der Waals surface area contributed by atoms with Crippen LogP contribution in [-0.4, -0.2) is 12.6 Å². The maximum atomic E-state index is 3.66. The number of unbranched alkanes of at least 4 members (excludes halogenated alkanes) is 1. The zero-order chi connectivity index (χ0) is 12.4. The Kier molecular flexibility index (Phi) is 10.1. The van der Waals surface area contributed by atoms with Crippen LogP contribution < -0.4 is 5.32 Å². The molecule has 0 saturated heterocycles. The summed E-state index contributed by atoms with van der Waals surface area (Å²) in [6.45, 7) is 12.6. The summed E-state index contributed by atoms with van der Waals surface area (Å²) in [6, 6.07) is 0.742. The van der Waals surface area contributed by atoms with Crippen molar-refractivity contribution in [2.45, 2.75) is 79.2 Å². The summed E-state index contributed by atoms with van der Waals surface area (Å²) in [6.07, 6.45) is 8.22. The van der Waals surface area contributed by atoms with Crippen molar-refractivity contribution in [3.05, 3.63) is 0 Å². The largest absolute Gasteiger partial charge is 0.314 e. The van der Waals surface area contributed by atoms with E-state index in [1.54, 1.807) is 0 Å². The molecule has 1 N–H and O–H groups in total. The number of hydrogen-bond donors (Lipinski definition) is 1. The standard InChI is InChI=1S/C15H33N/c1-6-9-10-14(7-2)12-15(16-8-3)11-13(4)5/h13-16H,6-12H2,1-5H3. The molecule has 0 saturated carbocycles. The van der Waals surface area contributed by atoms with Gasteiger partial charge in [0.2, 0.25) is 0 Å². The van der Waals surface area contributed by atoms with Crippen LogP contribution in [0.1, 0.15) is 73.1 Å². The Balaban J connectivity index is 4.00. The molecule has 0 radical (unpaired) electrons. The lowest BCUT2D eigenvalue weighted by Crippen LogP contribution is -2.32. The van der Waals surface area contributed by atoms with Gasteiger partial charge in [-0.1, -0.05) is 60.3 Å². The molecule has 0 fully saturated rings. The minimum Gasteiger partial charge on any atom is -0.314 e. The molecule has 1 nitrogen and oxygen atoms in total. The molecule has 2 unspecified atom stereocenters. The summed E-state index contributed by atoms with van der Waals surface area (Å²) in [5, 5.41) is 3.66. The van der Waals surface area contributed by atoms with Gasteiger partial charge in [0.25, 0.3) is 0 Å². The predicted molar refractivity (Wildman–Crippen MR) is 74.8 cm³/mol. The quantitative estimate of drug-likeness (QED) is 0.574. The van der Waals surface area contributed by atoms with E-state index in [-0.39, 0.29) is 0 Å². The average molecular weight is 227 g/mol. The molecule has 0 aliphatic rings. The topological polar surface area (TPSA) is 12.0 Å². The Hall–Kier alpha value is -0.0400. The molecule has 0 aromatic heterocycles. The summed E-state index contributed by atoms with van der Waals surface area (Å²) in [7, 11) is 0. The summed E-state index contributed by atoms with van der Waals surface area (Å²) >= 11 is 0. The molecule has 0 amide bonds. The van der Waals surface area contributed by atoms with Crippen molar-refractivity contribution >= 4 is 0 Å². The molecular formula is C15H33N. The van der Waals surface area contributed by atoms with E-state index in [2.05, 4.69) is 39.9 Å². The predicted octanol–water partition coefficient (Wildman–Crippen LogP) is 4.62. The van der Waals surface area contributed by atoms with Gasteiger partial charge in [0.15, 0.2) is 0 Å². The van der Waals surface area contributed by atoms with Crippen molar-refractivity contribution in [3.63, 3.8) is 0 Å². The molecule has 0 spiro atoms. The Morgan fingerprint density at radius 1 is 1.00 bits per heavy atom. The minimum atomic E-state index is 0.742. The average Bonchev–Trinajstić information content (AvgIpc) is 2.23. The lowest BCUT2D eigenvalue weighted by atomic mass is 9.89. The minimum absolute atomic E-state index is 0.742. The van der Waals surface area contributed by atoms with Gasteiger partial charge in [-0.3, -0.25) is 0 Å². The van der Waals surface area contributed by atoms with E-state index in [1.165, 1.54) is 38.5 Å². The van der Waals surface area contributed by atoms with Crippen LogP contribution in [0.5, 0.6) is 0 Å². The first-order valence-corrected chi connectivity index (χ1v) is 7.37. The summed E-state index contributed by atoms with van der Waals surface area (Å²) < 4.78 is 0. The molecule has 0 aliphatic heterocycles. The highest BCUT2D eigenvalue weighted by Crippen LogP contribution is 2.21. The molecular weight excluding hydrogens is 194 g/mol. The van der Waals surface area contributed by atoms with Crippen LogP contribution in [0.2, 0.25) is 0 Å². The monoisotopic (exact) mass is 227 g/mol. The Bertz CT molecular complexity index is 142. The van der Waals surface area contributed by atoms with Crippen molar-refractivity contribution < 1.29 is 0 Å². The molecule has 1 heteroatoms. The molecule has 16 heavy (non-hydrogen) atoms. The first kappa shape index (κ1) is 16.0. The van der Waals surface area contributed by atoms with Gasteiger partial charge < -0.3 is 5.32 Å². The van der Waals surface area contributed by atoms with E-state index < -0.39 is 0 Å². The van der Waals surface area contributed by atoms with Crippen LogP contribution in [0.4, 0.5) is 0 Å². The van der Waals surface area contributed by atoms with E-state index in [0.717, 1.165) is 24.4 Å². The van der Waals surface area contributed by atoms with E-state index in [0.29, 0.717) is 0 Å². The Labute approximate surface area is 103 Å². The van der Waals surface area contributed by atoms with Crippen LogP contribution in [0.25, 0.3) is 0 Å². The SMILES string of the molecule is CCCCC(CC)CC(CC(C)C)NCC. The number of hydrogen-bond acceptors (Lipinski definition) is 1. The van der Waals surface area contributed by atoms with E-state index in [1.807, 2.05) is 0 Å². The van der Waals surface area contributed by atoms with Gasteiger partial charge >= 0.3 is 0 Å². The molecule has 0 aromatic rings. The molecule has 2 atom stereocenters. The van der Waals surface area contributed by atoms with Crippen LogP contribution in [0.3, 0.4) is 0 Å². The number of nitrogens with one attached hydrogen (secondary N) is 1. The van der Waals surface area contributed by atoms with Crippen molar-refractivity contribution in [2.24, 2.45) is 11.8 Å². The molecule has 0 aromatic carbocycles. The highest BCUT2D eigenvalue weighted by Gasteiger charge is 2.15. The van der Waals surface area contributed by atoms with Crippen molar-refractivity contribution in [1.82, 2.24) is 5.32 Å². The fourth-order valence-electron chi connectivity index (χ4n) is 2.50. The van der Waals surface area contributed by atoms with Gasteiger partial charge in [0.05, 0.1) is 0 Å². The maximum Gasteiger partial charge on any atom is 0.00720 e. The van der Waals surface area contributed by atoms with Crippen LogP contribution in [0, 0.1) is 11.8 Å². The van der Waals surface area contributed by atoms with Gasteiger partial charge in [-0.05, 0) is 31.2 Å². The highest BCUT2D eigenvalue weighted by atomic mass is 14.9. The normalized spacial score (nSPS) is 15.4. The summed E-state index contributed by atoms with van der Waals surface area (Å²) in [5.41, 5.74) is 0. The van der Waals surface area contributed by atoms with Crippen molar-refractivity contribution in [2.75, 3.05) is 6.54 Å². The molecule has 0 bridgehead atoms. The second kappa shape index (κ2) is 10.1. The fraction of sp³-hybridized carbons (Fsp3) is 1.00. The molecule has 0 aliphatic carbocycles. The van der Waals surface area contributed by atoms with Gasteiger partial charge in [0.1, 0.15) is 0 Å². The molecule has 98 valence electrons. The third kappa shape index (κ3) is 8.15. The van der Waals surface area contributed by atoms with Crippen molar-refractivity contribution in [1.29, 1.82) is 0 Å². The highest BCUT2D eigenvalue weighted by molar-refractivity contribution is 4.72. The first-order chi connectivity index (χ1) is 7.63. The van der Waals surface area contributed by atoms with Gasteiger partial charge in [-0.15, -0.1) is 0 Å². The number of rotatable bonds is 10. The Morgan fingerprint density at radius 2 is 1.69 bits per heavy atom. The smallest absolute Gasteiger partial charge is 0.00720 e. The third-order valence-electron chi connectivity index (χ3n) is 3.41. The third-order valence-corrected chi connectivity index (χ3v) is 3.41. The van der Waals surface area contributed by atoms with Gasteiger partial charge in [0, 0.05) is 6.04 Å². The van der Waals surface area contributed by atoms with Crippen LogP contribution in [-0.2, 0) is 0 Å².